The van der Waals surface area contributed by atoms with Crippen molar-refractivity contribution in [1.82, 2.24) is 0 Å². The first kappa shape index (κ1) is 14.2. The maximum atomic E-state index is 10.6. The average Bonchev–Trinajstić information content (AvgIpc) is 2.22. The molecule has 15 heavy (non-hydrogen) atoms. The van der Waals surface area contributed by atoms with Crippen LogP contribution in [0.2, 0.25) is 0 Å². The zero-order valence-corrected chi connectivity index (χ0v) is 9.70. The fourth-order valence-corrected chi connectivity index (χ4v) is 1.46. The van der Waals surface area contributed by atoms with Crippen molar-refractivity contribution in [2.45, 2.75) is 46.0 Å². The molecule has 0 rings (SSSR count). The van der Waals surface area contributed by atoms with Crippen LogP contribution in [0.1, 0.15) is 46.0 Å². The highest BCUT2D eigenvalue weighted by Gasteiger charge is 2.06. The lowest BCUT2D eigenvalue weighted by molar-refractivity contribution is -0.132. The van der Waals surface area contributed by atoms with Crippen LogP contribution in [-0.2, 0) is 4.79 Å². The number of unbranched alkanes of at least 4 members (excludes halogenated alkanes) is 1. The first-order valence-electron chi connectivity index (χ1n) is 5.62. The molecule has 2 N–H and O–H groups in total. The number of carboxylic acids is 1. The quantitative estimate of drug-likeness (QED) is 0.482. The summed E-state index contributed by atoms with van der Waals surface area (Å²) in [5.41, 5.74) is 0.426. The molecule has 1 atom stereocenters. The van der Waals surface area contributed by atoms with Crippen LogP contribution in [0.4, 0.5) is 0 Å². The molecule has 0 heterocycles. The molecule has 3 heteroatoms. The van der Waals surface area contributed by atoms with E-state index in [1.54, 1.807) is 13.0 Å². The number of aliphatic carboxylic acids is 1. The van der Waals surface area contributed by atoms with Gasteiger partial charge in [0.1, 0.15) is 0 Å². The smallest absolute Gasteiger partial charge is 0.330 e. The number of hydrogen-bond donors (Lipinski definition) is 2. The second-order valence-corrected chi connectivity index (χ2v) is 3.92. The van der Waals surface area contributed by atoms with Crippen LogP contribution in [0, 0.1) is 5.92 Å². The predicted octanol–water partition coefficient (Wildman–Crippen LogP) is 2.60. The van der Waals surface area contributed by atoms with Gasteiger partial charge in [-0.05, 0) is 25.7 Å². The molecule has 0 fully saturated rings. The largest absolute Gasteiger partial charge is 0.478 e. The summed E-state index contributed by atoms with van der Waals surface area (Å²) in [6.07, 6.45) is 6.64. The van der Waals surface area contributed by atoms with E-state index in [-0.39, 0.29) is 6.61 Å². The second kappa shape index (κ2) is 8.48. The maximum Gasteiger partial charge on any atom is 0.330 e. The van der Waals surface area contributed by atoms with E-state index in [0.717, 1.165) is 32.1 Å². The van der Waals surface area contributed by atoms with E-state index in [4.69, 9.17) is 10.2 Å². The van der Waals surface area contributed by atoms with Crippen LogP contribution in [0.5, 0.6) is 0 Å². The molecule has 1 unspecified atom stereocenters. The van der Waals surface area contributed by atoms with Gasteiger partial charge in [0.05, 0.1) is 0 Å². The van der Waals surface area contributed by atoms with Crippen molar-refractivity contribution in [2.24, 2.45) is 5.92 Å². The highest BCUT2D eigenvalue weighted by Crippen LogP contribution is 2.17. The minimum absolute atomic E-state index is 0.250. The average molecular weight is 214 g/mol. The number of carbonyl (C=O) groups is 1. The molecule has 0 saturated carbocycles. The molecule has 0 spiro atoms. The first-order valence-corrected chi connectivity index (χ1v) is 5.62. The monoisotopic (exact) mass is 214 g/mol. The summed E-state index contributed by atoms with van der Waals surface area (Å²) in [6, 6.07) is 0. The van der Waals surface area contributed by atoms with E-state index in [1.807, 2.05) is 0 Å². The SMILES string of the molecule is CCC(C/C=C(\C)C(=O)O)CCCCO. The number of rotatable bonds is 8. The number of aliphatic hydroxyl groups is 1. The van der Waals surface area contributed by atoms with Gasteiger partial charge in [0.25, 0.3) is 0 Å². The number of hydrogen-bond acceptors (Lipinski definition) is 2. The van der Waals surface area contributed by atoms with Crippen LogP contribution in [0.25, 0.3) is 0 Å². The Morgan fingerprint density at radius 3 is 2.53 bits per heavy atom. The molecule has 0 aliphatic heterocycles. The van der Waals surface area contributed by atoms with Gasteiger partial charge in [-0.3, -0.25) is 0 Å². The van der Waals surface area contributed by atoms with Crippen LogP contribution in [0.15, 0.2) is 11.6 Å². The maximum absolute atomic E-state index is 10.6. The molecule has 0 aromatic heterocycles. The summed E-state index contributed by atoms with van der Waals surface area (Å²) >= 11 is 0. The van der Waals surface area contributed by atoms with Crippen molar-refractivity contribution < 1.29 is 15.0 Å². The van der Waals surface area contributed by atoms with Gasteiger partial charge in [-0.25, -0.2) is 4.79 Å². The Labute approximate surface area is 91.8 Å². The zero-order chi connectivity index (χ0) is 11.7. The fourth-order valence-electron chi connectivity index (χ4n) is 1.46. The molecule has 0 saturated heterocycles. The van der Waals surface area contributed by atoms with Crippen LogP contribution >= 0.6 is 0 Å². The topological polar surface area (TPSA) is 57.5 Å². The molecular weight excluding hydrogens is 192 g/mol. The number of carboxylic acid groups (broad SMARTS) is 1. The predicted molar refractivity (Wildman–Crippen MR) is 60.7 cm³/mol. The van der Waals surface area contributed by atoms with Gasteiger partial charge < -0.3 is 10.2 Å². The van der Waals surface area contributed by atoms with Gasteiger partial charge >= 0.3 is 5.97 Å². The fraction of sp³-hybridized carbons (Fsp3) is 0.750. The van der Waals surface area contributed by atoms with Crippen molar-refractivity contribution >= 4 is 5.97 Å². The van der Waals surface area contributed by atoms with Crippen molar-refractivity contribution in [1.29, 1.82) is 0 Å². The lowest BCUT2D eigenvalue weighted by Gasteiger charge is -2.11. The van der Waals surface area contributed by atoms with Crippen molar-refractivity contribution in [3.63, 3.8) is 0 Å². The number of allylic oxidation sites excluding steroid dienone is 1. The summed E-state index contributed by atoms with van der Waals surface area (Å²) < 4.78 is 0. The molecule has 0 aromatic rings. The van der Waals surface area contributed by atoms with E-state index >= 15 is 0 Å². The first-order chi connectivity index (χ1) is 7.11. The Bertz CT molecular complexity index is 209. The van der Waals surface area contributed by atoms with Crippen LogP contribution in [-0.4, -0.2) is 22.8 Å². The molecule has 0 amide bonds. The van der Waals surface area contributed by atoms with E-state index in [9.17, 15) is 4.79 Å². The minimum Gasteiger partial charge on any atom is -0.478 e. The van der Waals surface area contributed by atoms with Gasteiger partial charge in [0.2, 0.25) is 0 Å². The Hall–Kier alpha value is -0.830. The van der Waals surface area contributed by atoms with E-state index in [1.165, 1.54) is 0 Å². The summed E-state index contributed by atoms with van der Waals surface area (Å²) in [4.78, 5) is 10.6. The third-order valence-corrected chi connectivity index (χ3v) is 2.69. The number of aliphatic hydroxyl groups excluding tert-OH is 1. The van der Waals surface area contributed by atoms with E-state index in [0.29, 0.717) is 11.5 Å². The molecule has 0 bridgehead atoms. The summed E-state index contributed by atoms with van der Waals surface area (Å²) in [6.45, 7) is 4.00. The minimum atomic E-state index is -0.833. The third kappa shape index (κ3) is 7.14. The molecule has 88 valence electrons. The Morgan fingerprint density at radius 1 is 1.40 bits per heavy atom. The van der Waals surface area contributed by atoms with Crippen molar-refractivity contribution in [3.05, 3.63) is 11.6 Å². The molecule has 0 aromatic carbocycles. The third-order valence-electron chi connectivity index (χ3n) is 2.69. The van der Waals surface area contributed by atoms with Crippen LogP contribution < -0.4 is 0 Å². The molecule has 0 aliphatic carbocycles. The zero-order valence-electron chi connectivity index (χ0n) is 9.70. The summed E-state index contributed by atoms with van der Waals surface area (Å²) in [5, 5.41) is 17.3. The second-order valence-electron chi connectivity index (χ2n) is 3.92. The van der Waals surface area contributed by atoms with Gasteiger partial charge in [-0.15, -0.1) is 0 Å². The summed E-state index contributed by atoms with van der Waals surface area (Å²) in [5.74, 6) is -0.286. The van der Waals surface area contributed by atoms with E-state index < -0.39 is 5.97 Å². The molecule has 3 nitrogen and oxygen atoms in total. The Balaban J connectivity index is 3.88. The van der Waals surface area contributed by atoms with Crippen molar-refractivity contribution in [3.8, 4) is 0 Å². The highest BCUT2D eigenvalue weighted by molar-refractivity contribution is 5.85. The van der Waals surface area contributed by atoms with Gasteiger partial charge in [0.15, 0.2) is 0 Å². The Kier molecular flexibility index (Phi) is 8.01. The molecule has 0 aliphatic rings. The van der Waals surface area contributed by atoms with E-state index in [2.05, 4.69) is 6.92 Å². The van der Waals surface area contributed by atoms with Crippen molar-refractivity contribution in [2.75, 3.05) is 6.61 Å². The summed E-state index contributed by atoms with van der Waals surface area (Å²) in [7, 11) is 0. The van der Waals surface area contributed by atoms with Gasteiger partial charge in [-0.1, -0.05) is 32.3 Å². The van der Waals surface area contributed by atoms with Crippen LogP contribution in [0.3, 0.4) is 0 Å². The Morgan fingerprint density at radius 2 is 2.07 bits per heavy atom. The van der Waals surface area contributed by atoms with Gasteiger partial charge in [-0.2, -0.15) is 0 Å². The standard InChI is InChI=1S/C12H22O3/c1-3-11(6-4-5-9-13)8-7-10(2)12(14)15/h7,11,13H,3-6,8-9H2,1-2H3,(H,14,15)/b10-7+. The lowest BCUT2D eigenvalue weighted by atomic mass is 9.95. The normalized spacial score (nSPS) is 13.9. The highest BCUT2D eigenvalue weighted by atomic mass is 16.4. The lowest BCUT2D eigenvalue weighted by Crippen LogP contribution is -2.01. The van der Waals surface area contributed by atoms with Gasteiger partial charge in [0, 0.05) is 12.2 Å². The molecular formula is C12H22O3. The molecule has 0 radical (unpaired) electrons.